The van der Waals surface area contributed by atoms with Crippen molar-refractivity contribution in [3.05, 3.63) is 29.3 Å². The number of guanidine groups is 1. The number of aromatic nitrogens is 1. The Hall–Kier alpha value is -4.93. The van der Waals surface area contributed by atoms with Gasteiger partial charge in [-0.1, -0.05) is 12.1 Å². The number of hydrogen-bond acceptors (Lipinski definition) is 10. The van der Waals surface area contributed by atoms with E-state index in [9.17, 15) is 33.6 Å². The lowest BCUT2D eigenvalue weighted by Gasteiger charge is -2.26. The predicted octanol–water partition coefficient (Wildman–Crippen LogP) is -0.852. The van der Waals surface area contributed by atoms with Crippen LogP contribution in [0.1, 0.15) is 68.1 Å². The molecule has 17 heteroatoms. The minimum atomic E-state index is -1.50. The topological polar surface area (TPSA) is 271 Å². The van der Waals surface area contributed by atoms with Crippen LogP contribution in [0.3, 0.4) is 0 Å². The standard InChI is InChI=1S/C30H41N9O7S/c1-16(40)36-21-15-25(43)34-11-5-4-8-18(37-27(45)20(14-24(31)42)38-28(21)46)22(41)13-17(7-6-12-35-30(32)33)26(44)29-39-19-9-2-3-10-23(19)47-29/h2-3,9-10,17-18,20-21H,4-8,11-15H2,1H3,(H2,31,42)(H,34,43)(H,36,40)(H,37,45)(H,38,46)(H4,32,33,35)/t17-,18+,20+,21+/m1/s1. The maximum absolute atomic E-state index is 13.8. The van der Waals surface area contributed by atoms with Crippen LogP contribution in [0, 0.1) is 5.92 Å². The lowest BCUT2D eigenvalue weighted by Crippen LogP contribution is -2.57. The molecule has 1 saturated heterocycles. The summed E-state index contributed by atoms with van der Waals surface area (Å²) in [6, 6.07) is 3.34. The molecule has 1 aromatic carbocycles. The van der Waals surface area contributed by atoms with Crippen LogP contribution in [-0.2, 0) is 28.8 Å². The Bertz CT molecular complexity index is 1490. The minimum absolute atomic E-state index is 0.102. The van der Waals surface area contributed by atoms with Gasteiger partial charge in [-0.3, -0.25) is 38.6 Å². The van der Waals surface area contributed by atoms with E-state index in [-0.39, 0.29) is 49.1 Å². The zero-order valence-electron chi connectivity index (χ0n) is 26.1. The second-order valence-electron chi connectivity index (χ2n) is 11.3. The van der Waals surface area contributed by atoms with Gasteiger partial charge in [0, 0.05) is 32.4 Å². The number of fused-ring (bicyclic) bond motifs is 1. The van der Waals surface area contributed by atoms with E-state index < -0.39 is 72.2 Å². The molecular weight excluding hydrogens is 630 g/mol. The number of thiazole rings is 1. The highest BCUT2D eigenvalue weighted by atomic mass is 32.1. The first-order chi connectivity index (χ1) is 22.3. The first kappa shape index (κ1) is 36.5. The lowest BCUT2D eigenvalue weighted by molar-refractivity contribution is -0.135. The van der Waals surface area contributed by atoms with Crippen molar-refractivity contribution < 1.29 is 33.6 Å². The molecule has 0 bridgehead atoms. The Morgan fingerprint density at radius 2 is 1.81 bits per heavy atom. The van der Waals surface area contributed by atoms with Gasteiger partial charge in [-0.05, 0) is 44.2 Å². The number of nitrogens with one attached hydrogen (secondary N) is 4. The second-order valence-corrected chi connectivity index (χ2v) is 12.3. The van der Waals surface area contributed by atoms with E-state index in [2.05, 4.69) is 31.2 Å². The van der Waals surface area contributed by atoms with Crippen molar-refractivity contribution in [2.75, 3.05) is 13.1 Å². The van der Waals surface area contributed by atoms with Crippen molar-refractivity contribution in [1.82, 2.24) is 26.3 Å². The molecule has 0 saturated carbocycles. The third-order valence-electron chi connectivity index (χ3n) is 7.40. The van der Waals surface area contributed by atoms with Gasteiger partial charge < -0.3 is 38.5 Å². The van der Waals surface area contributed by atoms with E-state index in [0.717, 1.165) is 11.6 Å². The van der Waals surface area contributed by atoms with E-state index in [1.807, 2.05) is 18.2 Å². The number of Topliss-reactive ketones (excluding diaryl/α,β-unsaturated/α-hetero) is 2. The van der Waals surface area contributed by atoms with Gasteiger partial charge in [0.25, 0.3) is 0 Å². The van der Waals surface area contributed by atoms with Crippen LogP contribution in [0.4, 0.5) is 0 Å². The Morgan fingerprint density at radius 1 is 1.06 bits per heavy atom. The number of para-hydroxylation sites is 1. The fourth-order valence-corrected chi connectivity index (χ4v) is 6.08. The van der Waals surface area contributed by atoms with Crippen molar-refractivity contribution >= 4 is 68.6 Å². The normalized spacial score (nSPS) is 20.1. The molecule has 254 valence electrons. The number of nitrogens with two attached hydrogens (primary N) is 3. The van der Waals surface area contributed by atoms with Gasteiger partial charge in [-0.25, -0.2) is 4.98 Å². The highest BCUT2D eigenvalue weighted by molar-refractivity contribution is 7.20. The number of nitrogens with zero attached hydrogens (tertiary/aromatic N) is 2. The van der Waals surface area contributed by atoms with E-state index in [1.54, 1.807) is 6.07 Å². The molecule has 0 aliphatic carbocycles. The number of carbonyl (C=O) groups is 7. The monoisotopic (exact) mass is 671 g/mol. The molecule has 47 heavy (non-hydrogen) atoms. The third kappa shape index (κ3) is 11.7. The number of rotatable bonds is 12. The number of amides is 5. The average Bonchev–Trinajstić information content (AvgIpc) is 3.44. The molecule has 16 nitrogen and oxygen atoms in total. The molecule has 5 amide bonds. The average molecular weight is 672 g/mol. The highest BCUT2D eigenvalue weighted by Gasteiger charge is 2.33. The van der Waals surface area contributed by atoms with Crippen LogP contribution in [0.25, 0.3) is 10.2 Å². The molecule has 3 rings (SSSR count). The van der Waals surface area contributed by atoms with Crippen molar-refractivity contribution in [3.63, 3.8) is 0 Å². The summed E-state index contributed by atoms with van der Waals surface area (Å²) in [6.07, 6.45) is 0.392. The Labute approximate surface area is 275 Å². The van der Waals surface area contributed by atoms with Crippen molar-refractivity contribution in [1.29, 1.82) is 0 Å². The summed E-state index contributed by atoms with van der Waals surface area (Å²) in [5, 5.41) is 10.3. The third-order valence-corrected chi connectivity index (χ3v) is 8.45. The van der Waals surface area contributed by atoms with E-state index >= 15 is 0 Å². The van der Waals surface area contributed by atoms with E-state index in [0.29, 0.717) is 24.8 Å². The minimum Gasteiger partial charge on any atom is -0.370 e. The molecular formula is C30H41N9O7S. The van der Waals surface area contributed by atoms with Crippen LogP contribution in [-0.4, -0.2) is 83.3 Å². The molecule has 0 unspecified atom stereocenters. The Morgan fingerprint density at radius 3 is 2.49 bits per heavy atom. The lowest BCUT2D eigenvalue weighted by atomic mass is 9.89. The molecule has 2 heterocycles. The van der Waals surface area contributed by atoms with Gasteiger partial charge in [0.2, 0.25) is 29.5 Å². The largest absolute Gasteiger partial charge is 0.370 e. The Balaban J connectivity index is 1.86. The van der Waals surface area contributed by atoms with E-state index in [4.69, 9.17) is 17.2 Å². The number of carbonyl (C=O) groups excluding carboxylic acids is 7. The van der Waals surface area contributed by atoms with Gasteiger partial charge in [-0.15, -0.1) is 11.3 Å². The molecule has 4 atom stereocenters. The van der Waals surface area contributed by atoms with E-state index in [1.165, 1.54) is 11.3 Å². The van der Waals surface area contributed by atoms with Crippen LogP contribution >= 0.6 is 11.3 Å². The summed E-state index contributed by atoms with van der Waals surface area (Å²) >= 11 is 1.22. The van der Waals surface area contributed by atoms with Crippen LogP contribution in [0.2, 0.25) is 0 Å². The zero-order valence-corrected chi connectivity index (χ0v) is 26.9. The van der Waals surface area contributed by atoms with Crippen molar-refractivity contribution in [3.8, 4) is 0 Å². The number of aliphatic imine (C=N–C) groups is 1. The number of hydrogen-bond donors (Lipinski definition) is 7. The fraction of sp³-hybridized carbons (Fsp3) is 0.500. The van der Waals surface area contributed by atoms with Gasteiger partial charge in [0.05, 0.1) is 29.1 Å². The zero-order chi connectivity index (χ0) is 34.5. The summed E-state index contributed by atoms with van der Waals surface area (Å²) in [5.41, 5.74) is 16.9. The molecule has 1 fully saturated rings. The highest BCUT2D eigenvalue weighted by Crippen LogP contribution is 2.27. The smallest absolute Gasteiger partial charge is 0.243 e. The van der Waals surface area contributed by atoms with Gasteiger partial charge in [-0.2, -0.15) is 0 Å². The molecule has 1 aromatic heterocycles. The van der Waals surface area contributed by atoms with Crippen molar-refractivity contribution in [2.45, 2.75) is 76.4 Å². The fourth-order valence-electron chi connectivity index (χ4n) is 5.09. The second kappa shape index (κ2) is 17.7. The summed E-state index contributed by atoms with van der Waals surface area (Å²) < 4.78 is 0.815. The Kier molecular flexibility index (Phi) is 13.7. The quantitative estimate of drug-likeness (QED) is 0.0635. The predicted molar refractivity (Wildman–Crippen MR) is 174 cm³/mol. The first-order valence-corrected chi connectivity index (χ1v) is 16.1. The molecule has 0 spiro atoms. The van der Waals surface area contributed by atoms with Crippen LogP contribution in [0.5, 0.6) is 0 Å². The number of benzene rings is 1. The molecule has 1 aliphatic rings. The summed E-state index contributed by atoms with van der Waals surface area (Å²) in [6.45, 7) is 1.62. The van der Waals surface area contributed by atoms with Gasteiger partial charge >= 0.3 is 0 Å². The summed E-state index contributed by atoms with van der Waals surface area (Å²) in [5.74, 6) is -5.45. The molecule has 2 aromatic rings. The van der Waals surface area contributed by atoms with Crippen molar-refractivity contribution in [2.24, 2.45) is 28.1 Å². The SMILES string of the molecule is CC(=O)N[C@H]1CC(=O)NCCCC[C@@H](C(=O)C[C@@H](CCCN=C(N)N)C(=O)c2nc3ccccc3s2)NC(=O)[C@H](CC(N)=O)NC1=O. The van der Waals surface area contributed by atoms with Crippen LogP contribution < -0.4 is 38.5 Å². The van der Waals surface area contributed by atoms with Gasteiger partial charge in [0.1, 0.15) is 12.1 Å². The first-order valence-electron chi connectivity index (χ1n) is 15.2. The molecule has 1 aliphatic heterocycles. The molecule has 0 radical (unpaired) electrons. The maximum atomic E-state index is 13.8. The maximum Gasteiger partial charge on any atom is 0.243 e. The molecule has 10 N–H and O–H groups in total. The summed E-state index contributed by atoms with van der Waals surface area (Å²) in [7, 11) is 0. The number of primary amides is 1. The van der Waals surface area contributed by atoms with Gasteiger partial charge in [0.15, 0.2) is 22.5 Å². The van der Waals surface area contributed by atoms with Crippen LogP contribution in [0.15, 0.2) is 29.3 Å². The number of ketones is 2. The summed E-state index contributed by atoms with van der Waals surface area (Å²) in [4.78, 5) is 98.4.